The molecule has 0 spiro atoms. The van der Waals surface area contributed by atoms with E-state index in [0.717, 1.165) is 17.5 Å². The third-order valence-corrected chi connectivity index (χ3v) is 6.89. The molecule has 9 nitrogen and oxygen atoms in total. The van der Waals surface area contributed by atoms with Gasteiger partial charge in [0.25, 0.3) is 11.5 Å². The number of rotatable bonds is 6. The zero-order chi connectivity index (χ0) is 25.5. The Bertz CT molecular complexity index is 1620. The van der Waals surface area contributed by atoms with Crippen LogP contribution in [0.2, 0.25) is 0 Å². The molecule has 0 aliphatic rings. The van der Waals surface area contributed by atoms with E-state index < -0.39 is 9.84 Å². The average Bonchev–Trinajstić information content (AvgIpc) is 3.21. The number of fused-ring (bicyclic) bond motifs is 1. The molecule has 0 saturated heterocycles. The Morgan fingerprint density at radius 3 is 2.57 bits per heavy atom. The van der Waals surface area contributed by atoms with E-state index in [0.29, 0.717) is 33.4 Å². The molecule has 35 heavy (non-hydrogen) atoms. The highest BCUT2D eigenvalue weighted by molar-refractivity contribution is 7.90. The summed E-state index contributed by atoms with van der Waals surface area (Å²) in [5, 5.41) is 7.81. The van der Waals surface area contributed by atoms with Crippen molar-refractivity contribution in [2.45, 2.75) is 45.2 Å². The summed E-state index contributed by atoms with van der Waals surface area (Å²) < 4.78 is 25.9. The molecule has 0 radical (unpaired) electrons. The lowest BCUT2D eigenvalue weighted by Gasteiger charge is -2.12. The number of amides is 1. The standard InChI is InChI=1S/C25H27N5O4S/c1-14(2)30-23-21(13-27-30)19(24(31)26-12-20-15(3)9-16(4)28-25(20)32)11-22(29-23)17-7-6-8-18(10-17)35(5,33)34/h6-11,13-14H,12H2,1-5H3,(H,26,31)(H,28,32). The van der Waals surface area contributed by atoms with E-state index in [1.807, 2.05) is 26.8 Å². The zero-order valence-electron chi connectivity index (χ0n) is 20.2. The highest BCUT2D eigenvalue weighted by Crippen LogP contribution is 2.28. The van der Waals surface area contributed by atoms with Gasteiger partial charge < -0.3 is 10.3 Å². The van der Waals surface area contributed by atoms with E-state index in [1.165, 1.54) is 12.1 Å². The van der Waals surface area contributed by atoms with Crippen molar-refractivity contribution >= 4 is 26.8 Å². The van der Waals surface area contributed by atoms with Crippen molar-refractivity contribution in [3.63, 3.8) is 0 Å². The number of aromatic amines is 1. The minimum absolute atomic E-state index is 0.0118. The van der Waals surface area contributed by atoms with Crippen molar-refractivity contribution in [3.05, 3.63) is 75.3 Å². The van der Waals surface area contributed by atoms with Crippen LogP contribution in [0, 0.1) is 13.8 Å². The van der Waals surface area contributed by atoms with E-state index in [2.05, 4.69) is 15.4 Å². The number of carbonyl (C=O) groups is 1. The summed E-state index contributed by atoms with van der Waals surface area (Å²) in [7, 11) is -3.42. The average molecular weight is 494 g/mol. The quantitative estimate of drug-likeness (QED) is 0.424. The molecule has 0 saturated carbocycles. The van der Waals surface area contributed by atoms with Crippen LogP contribution in [0.3, 0.4) is 0 Å². The first-order chi connectivity index (χ1) is 16.5. The number of carbonyl (C=O) groups excluding carboxylic acids is 1. The van der Waals surface area contributed by atoms with Crippen LogP contribution in [0.15, 0.2) is 52.3 Å². The van der Waals surface area contributed by atoms with Gasteiger partial charge in [-0.15, -0.1) is 0 Å². The van der Waals surface area contributed by atoms with Crippen molar-refractivity contribution in [1.29, 1.82) is 0 Å². The van der Waals surface area contributed by atoms with E-state index in [-0.39, 0.29) is 28.9 Å². The van der Waals surface area contributed by atoms with Crippen molar-refractivity contribution in [2.24, 2.45) is 0 Å². The van der Waals surface area contributed by atoms with E-state index in [4.69, 9.17) is 4.98 Å². The normalized spacial score (nSPS) is 11.8. The lowest BCUT2D eigenvalue weighted by atomic mass is 10.1. The molecule has 1 aromatic carbocycles. The summed E-state index contributed by atoms with van der Waals surface area (Å²) in [6, 6.07) is 9.91. The number of aryl methyl sites for hydroxylation is 2. The van der Waals surface area contributed by atoms with Crippen LogP contribution in [0.25, 0.3) is 22.3 Å². The Morgan fingerprint density at radius 2 is 1.91 bits per heavy atom. The van der Waals surface area contributed by atoms with Crippen LogP contribution in [0.5, 0.6) is 0 Å². The monoisotopic (exact) mass is 493 g/mol. The molecule has 182 valence electrons. The molecule has 1 amide bonds. The summed E-state index contributed by atoms with van der Waals surface area (Å²) in [4.78, 5) is 33.3. The summed E-state index contributed by atoms with van der Waals surface area (Å²) >= 11 is 0. The van der Waals surface area contributed by atoms with Gasteiger partial charge in [0.05, 0.1) is 27.7 Å². The van der Waals surface area contributed by atoms with E-state index in [9.17, 15) is 18.0 Å². The number of pyridine rings is 2. The summed E-state index contributed by atoms with van der Waals surface area (Å²) in [6.45, 7) is 7.60. The molecule has 4 rings (SSSR count). The van der Waals surface area contributed by atoms with Crippen molar-refractivity contribution < 1.29 is 13.2 Å². The number of nitrogens with zero attached hydrogens (tertiary/aromatic N) is 3. The third-order valence-electron chi connectivity index (χ3n) is 5.78. The number of hydrogen-bond donors (Lipinski definition) is 2. The zero-order valence-corrected chi connectivity index (χ0v) is 21.0. The number of benzene rings is 1. The van der Waals surface area contributed by atoms with Crippen LogP contribution < -0.4 is 10.9 Å². The Balaban J connectivity index is 1.80. The molecule has 0 bridgehead atoms. The van der Waals surface area contributed by atoms with Gasteiger partial charge in [0.2, 0.25) is 0 Å². The lowest BCUT2D eigenvalue weighted by Crippen LogP contribution is -2.28. The first kappa shape index (κ1) is 24.3. The molecular weight excluding hydrogens is 466 g/mol. The van der Waals surface area contributed by atoms with Crippen LogP contribution >= 0.6 is 0 Å². The maximum absolute atomic E-state index is 13.3. The van der Waals surface area contributed by atoms with Gasteiger partial charge in [0, 0.05) is 35.7 Å². The first-order valence-corrected chi connectivity index (χ1v) is 13.0. The summed E-state index contributed by atoms with van der Waals surface area (Å²) in [5.41, 5.74) is 3.63. The Labute approximate surface area is 203 Å². The fourth-order valence-corrected chi connectivity index (χ4v) is 4.65. The van der Waals surface area contributed by atoms with Gasteiger partial charge in [-0.05, 0) is 57.5 Å². The predicted molar refractivity (Wildman–Crippen MR) is 134 cm³/mol. The largest absolute Gasteiger partial charge is 0.348 e. The van der Waals surface area contributed by atoms with E-state index >= 15 is 0 Å². The van der Waals surface area contributed by atoms with Crippen LogP contribution in [0.4, 0.5) is 0 Å². The fraction of sp³-hybridized carbons (Fsp3) is 0.280. The third kappa shape index (κ3) is 4.88. The Morgan fingerprint density at radius 1 is 1.17 bits per heavy atom. The predicted octanol–water partition coefficient (Wildman–Crippen LogP) is 3.32. The molecule has 10 heteroatoms. The number of nitrogens with one attached hydrogen (secondary N) is 2. The van der Waals surface area contributed by atoms with Gasteiger partial charge in [-0.3, -0.25) is 9.59 Å². The summed E-state index contributed by atoms with van der Waals surface area (Å²) in [6.07, 6.45) is 2.74. The smallest absolute Gasteiger partial charge is 0.253 e. The van der Waals surface area contributed by atoms with Gasteiger partial charge in [-0.1, -0.05) is 12.1 Å². The number of hydrogen-bond acceptors (Lipinski definition) is 6. The van der Waals surface area contributed by atoms with Gasteiger partial charge in [0.15, 0.2) is 15.5 Å². The van der Waals surface area contributed by atoms with Gasteiger partial charge in [0.1, 0.15) is 0 Å². The van der Waals surface area contributed by atoms with Crippen LogP contribution in [-0.2, 0) is 16.4 Å². The molecule has 0 unspecified atom stereocenters. The Hall–Kier alpha value is -3.79. The molecule has 3 heterocycles. The summed E-state index contributed by atoms with van der Waals surface area (Å²) in [5.74, 6) is -0.388. The number of aromatic nitrogens is 4. The van der Waals surface area contributed by atoms with Gasteiger partial charge in [-0.25, -0.2) is 18.1 Å². The highest BCUT2D eigenvalue weighted by Gasteiger charge is 2.20. The minimum Gasteiger partial charge on any atom is -0.348 e. The van der Waals surface area contributed by atoms with Crippen molar-refractivity contribution in [3.8, 4) is 11.3 Å². The second-order valence-corrected chi connectivity index (χ2v) is 10.9. The lowest BCUT2D eigenvalue weighted by molar-refractivity contribution is 0.0952. The molecular formula is C25H27N5O4S. The van der Waals surface area contributed by atoms with Crippen LogP contribution in [-0.4, -0.2) is 40.3 Å². The molecule has 2 N–H and O–H groups in total. The SMILES string of the molecule is Cc1cc(C)c(CNC(=O)c2cc(-c3cccc(S(C)(=O)=O)c3)nc3c2cnn3C(C)C)c(=O)[nH]1. The molecule has 0 fully saturated rings. The Kier molecular flexibility index (Phi) is 6.33. The molecule has 4 aromatic rings. The maximum atomic E-state index is 13.3. The van der Waals surface area contributed by atoms with Gasteiger partial charge in [-0.2, -0.15) is 5.10 Å². The first-order valence-electron chi connectivity index (χ1n) is 11.1. The minimum atomic E-state index is -3.42. The molecule has 0 aliphatic carbocycles. The van der Waals surface area contributed by atoms with Crippen molar-refractivity contribution in [2.75, 3.05) is 6.26 Å². The molecule has 0 aliphatic heterocycles. The van der Waals surface area contributed by atoms with Crippen LogP contribution in [0.1, 0.15) is 47.1 Å². The number of sulfone groups is 1. The molecule has 3 aromatic heterocycles. The second kappa shape index (κ2) is 9.10. The fourth-order valence-electron chi connectivity index (χ4n) is 3.98. The van der Waals surface area contributed by atoms with Gasteiger partial charge >= 0.3 is 0 Å². The highest BCUT2D eigenvalue weighted by atomic mass is 32.2. The molecule has 0 atom stereocenters. The van der Waals surface area contributed by atoms with Crippen molar-refractivity contribution in [1.82, 2.24) is 25.1 Å². The topological polar surface area (TPSA) is 127 Å². The second-order valence-electron chi connectivity index (χ2n) is 8.90. The number of H-pyrrole nitrogens is 1. The maximum Gasteiger partial charge on any atom is 0.253 e. The van der Waals surface area contributed by atoms with E-state index in [1.54, 1.807) is 36.0 Å².